The molecule has 0 aliphatic rings. The fraction of sp³-hybridized carbons (Fsp3) is 0.194. The molecule has 36 heavy (non-hydrogen) atoms. The molecule has 5 heteroatoms. The second-order valence-electron chi connectivity index (χ2n) is 8.99. The van der Waals surface area contributed by atoms with Gasteiger partial charge in [0.2, 0.25) is 0 Å². The number of phenolic OH excluding ortho intramolecular Hbond substituents is 1. The quantitative estimate of drug-likeness (QED) is 0.190. The molecule has 4 aromatic rings. The fourth-order valence-corrected chi connectivity index (χ4v) is 8.12. The Morgan fingerprint density at radius 2 is 1.44 bits per heavy atom. The highest BCUT2D eigenvalue weighted by molar-refractivity contribution is 7.81. The van der Waals surface area contributed by atoms with Crippen molar-refractivity contribution in [1.82, 2.24) is 0 Å². The standard InChI is InChI=1S/C31H32NO3P/c1-24-20-26(22-33)31(34)27(21-24)23-35-25(2)18-19-36(29-14-8-4-9-15-29,30-16-10-5-11-17-30)32-28-12-6-3-7-13-28/h3-17,20-22,25,34H,18-19,23H2,1-2H3. The molecule has 1 N–H and O–H groups in total. The summed E-state index contributed by atoms with van der Waals surface area (Å²) in [5, 5.41) is 12.9. The normalized spacial score (nSPS) is 12.2. The maximum atomic E-state index is 11.3. The van der Waals surface area contributed by atoms with Gasteiger partial charge in [-0.1, -0.05) is 84.9 Å². The number of rotatable bonds is 10. The molecule has 0 saturated carbocycles. The molecule has 1 atom stereocenters. The van der Waals surface area contributed by atoms with E-state index in [1.807, 2.05) is 43.3 Å². The molecule has 184 valence electrons. The number of benzene rings is 4. The van der Waals surface area contributed by atoms with E-state index in [0.29, 0.717) is 17.4 Å². The Morgan fingerprint density at radius 1 is 0.889 bits per heavy atom. The molecule has 0 aromatic heterocycles. The van der Waals surface area contributed by atoms with Crippen LogP contribution in [0.1, 0.15) is 34.8 Å². The Labute approximate surface area is 213 Å². The van der Waals surface area contributed by atoms with Crippen LogP contribution >= 0.6 is 7.05 Å². The van der Waals surface area contributed by atoms with Gasteiger partial charge in [-0.2, -0.15) is 0 Å². The van der Waals surface area contributed by atoms with Crippen LogP contribution in [0.25, 0.3) is 0 Å². The third-order valence-corrected chi connectivity index (χ3v) is 10.1. The number of ether oxygens (including phenoxy) is 1. The molecule has 0 heterocycles. The van der Waals surface area contributed by atoms with E-state index in [4.69, 9.17) is 9.48 Å². The van der Waals surface area contributed by atoms with E-state index in [1.54, 1.807) is 6.07 Å². The first-order valence-corrected chi connectivity index (χ1v) is 14.1. The lowest BCUT2D eigenvalue weighted by molar-refractivity contribution is 0.0503. The maximum absolute atomic E-state index is 11.3. The second-order valence-corrected chi connectivity index (χ2v) is 12.2. The van der Waals surface area contributed by atoms with Gasteiger partial charge in [-0.15, -0.1) is 0 Å². The van der Waals surface area contributed by atoms with Crippen LogP contribution in [-0.2, 0) is 11.3 Å². The highest BCUT2D eigenvalue weighted by Gasteiger charge is 2.26. The number of carbonyl (C=O) groups is 1. The topological polar surface area (TPSA) is 58.9 Å². The molecule has 0 radical (unpaired) electrons. The maximum Gasteiger partial charge on any atom is 0.153 e. The summed E-state index contributed by atoms with van der Waals surface area (Å²) in [5.74, 6) is -0.00250. The number of carbonyl (C=O) groups excluding carboxylic acids is 1. The number of nitrogens with zero attached hydrogens (tertiary/aromatic N) is 1. The summed E-state index contributed by atoms with van der Waals surface area (Å²) in [6, 6.07) is 34.9. The van der Waals surface area contributed by atoms with Crippen LogP contribution in [0.4, 0.5) is 5.69 Å². The Balaban J connectivity index is 1.65. The van der Waals surface area contributed by atoms with E-state index in [-0.39, 0.29) is 18.5 Å². The largest absolute Gasteiger partial charge is 0.507 e. The van der Waals surface area contributed by atoms with Gasteiger partial charge < -0.3 is 9.84 Å². The van der Waals surface area contributed by atoms with Crippen molar-refractivity contribution >= 4 is 29.6 Å². The average molecular weight is 498 g/mol. The Kier molecular flexibility index (Phi) is 8.53. The molecule has 4 aromatic carbocycles. The van der Waals surface area contributed by atoms with E-state index >= 15 is 0 Å². The third kappa shape index (κ3) is 6.02. The summed E-state index contributed by atoms with van der Waals surface area (Å²) < 4.78 is 11.6. The highest BCUT2D eigenvalue weighted by atomic mass is 31.2. The number of phenols is 1. The van der Waals surface area contributed by atoms with E-state index in [2.05, 4.69) is 67.6 Å². The van der Waals surface area contributed by atoms with Crippen molar-refractivity contribution in [2.24, 2.45) is 4.74 Å². The van der Waals surface area contributed by atoms with Crippen molar-refractivity contribution in [3.8, 4) is 5.75 Å². The number of aryl methyl sites for hydroxylation is 1. The van der Waals surface area contributed by atoms with Gasteiger partial charge in [-0.05, 0) is 60.8 Å². The van der Waals surface area contributed by atoms with Crippen molar-refractivity contribution in [2.75, 3.05) is 6.16 Å². The van der Waals surface area contributed by atoms with Gasteiger partial charge in [0.15, 0.2) is 6.29 Å². The average Bonchev–Trinajstić information content (AvgIpc) is 2.92. The molecular formula is C31H32NO3P. The van der Waals surface area contributed by atoms with Crippen LogP contribution in [0, 0.1) is 6.92 Å². The first-order chi connectivity index (χ1) is 17.5. The zero-order valence-electron chi connectivity index (χ0n) is 20.7. The lowest BCUT2D eigenvalue weighted by Gasteiger charge is -2.28. The summed E-state index contributed by atoms with van der Waals surface area (Å²) in [5.41, 5.74) is 2.81. The monoisotopic (exact) mass is 497 g/mol. The van der Waals surface area contributed by atoms with Crippen LogP contribution in [0.3, 0.4) is 0 Å². The third-order valence-electron chi connectivity index (χ3n) is 6.28. The Morgan fingerprint density at radius 3 is 2.00 bits per heavy atom. The molecule has 0 bridgehead atoms. The van der Waals surface area contributed by atoms with E-state index in [1.165, 1.54) is 10.6 Å². The molecule has 0 saturated heterocycles. The van der Waals surface area contributed by atoms with Crippen molar-refractivity contribution in [3.63, 3.8) is 0 Å². The van der Waals surface area contributed by atoms with Crippen molar-refractivity contribution in [1.29, 1.82) is 0 Å². The van der Waals surface area contributed by atoms with Gasteiger partial charge in [-0.25, -0.2) is 0 Å². The van der Waals surface area contributed by atoms with Crippen molar-refractivity contribution in [2.45, 2.75) is 33.0 Å². The highest BCUT2D eigenvalue weighted by Crippen LogP contribution is 2.51. The summed E-state index contributed by atoms with van der Waals surface area (Å²) in [4.78, 5) is 11.3. The number of aldehydes is 1. The Hall–Kier alpha value is -3.46. The van der Waals surface area contributed by atoms with Crippen molar-refractivity contribution < 1.29 is 14.6 Å². The second kappa shape index (κ2) is 12.0. The minimum atomic E-state index is -2.15. The molecule has 0 spiro atoms. The minimum Gasteiger partial charge on any atom is -0.507 e. The Bertz CT molecular complexity index is 1300. The van der Waals surface area contributed by atoms with E-state index in [0.717, 1.165) is 23.8 Å². The fourth-order valence-electron chi connectivity index (χ4n) is 4.38. The summed E-state index contributed by atoms with van der Waals surface area (Å²) in [6.45, 7) is 4.21. The summed E-state index contributed by atoms with van der Waals surface area (Å²) in [6.07, 6.45) is 2.25. The first kappa shape index (κ1) is 25.6. The lowest BCUT2D eigenvalue weighted by Crippen LogP contribution is -2.21. The van der Waals surface area contributed by atoms with Crippen LogP contribution in [-0.4, -0.2) is 23.7 Å². The van der Waals surface area contributed by atoms with Crippen LogP contribution in [0.2, 0.25) is 0 Å². The predicted octanol–water partition coefficient (Wildman–Crippen LogP) is 6.99. The SMILES string of the molecule is Cc1cc(C=O)c(O)c(COC(C)CCP(=Nc2ccccc2)(c2ccccc2)c2ccccc2)c1. The molecule has 4 nitrogen and oxygen atoms in total. The van der Waals surface area contributed by atoms with Gasteiger partial charge in [0.1, 0.15) is 5.75 Å². The predicted molar refractivity (Wildman–Crippen MR) is 150 cm³/mol. The molecule has 0 fully saturated rings. The molecule has 1 unspecified atom stereocenters. The number of aromatic hydroxyl groups is 1. The van der Waals surface area contributed by atoms with Crippen LogP contribution in [0.15, 0.2) is 108 Å². The van der Waals surface area contributed by atoms with E-state index in [9.17, 15) is 9.90 Å². The summed E-state index contributed by atoms with van der Waals surface area (Å²) in [7, 11) is -2.15. The van der Waals surface area contributed by atoms with Crippen molar-refractivity contribution in [3.05, 3.63) is 120 Å². The zero-order chi connectivity index (χ0) is 25.4. The van der Waals surface area contributed by atoms with E-state index < -0.39 is 7.05 Å². The lowest BCUT2D eigenvalue weighted by atomic mass is 10.1. The van der Waals surface area contributed by atoms with Gasteiger partial charge in [0.05, 0.1) is 24.0 Å². The number of hydrogen-bond acceptors (Lipinski definition) is 4. The first-order valence-electron chi connectivity index (χ1n) is 12.2. The number of hydrogen-bond donors (Lipinski definition) is 1. The van der Waals surface area contributed by atoms with Gasteiger partial charge in [0, 0.05) is 12.6 Å². The van der Waals surface area contributed by atoms with Gasteiger partial charge >= 0.3 is 0 Å². The smallest absolute Gasteiger partial charge is 0.153 e. The molecule has 0 aliphatic heterocycles. The van der Waals surface area contributed by atoms with Gasteiger partial charge in [-0.3, -0.25) is 9.54 Å². The molecule has 0 amide bonds. The molecule has 4 rings (SSSR count). The van der Waals surface area contributed by atoms with Gasteiger partial charge in [0.25, 0.3) is 0 Å². The van der Waals surface area contributed by atoms with Crippen LogP contribution < -0.4 is 10.6 Å². The molecular weight excluding hydrogens is 465 g/mol. The molecule has 0 aliphatic carbocycles. The zero-order valence-corrected chi connectivity index (χ0v) is 21.6. The summed E-state index contributed by atoms with van der Waals surface area (Å²) >= 11 is 0. The van der Waals surface area contributed by atoms with Crippen LogP contribution in [0.5, 0.6) is 5.75 Å². The minimum absolute atomic E-state index is 0.00250.